The summed E-state index contributed by atoms with van der Waals surface area (Å²) in [4.78, 5) is 12.8. The molecule has 0 atom stereocenters. The Kier molecular flexibility index (Phi) is 3.92. The number of nitrogens with zero attached hydrogens (tertiary/aromatic N) is 6. The van der Waals surface area contributed by atoms with E-state index in [1.807, 2.05) is 13.2 Å². The summed E-state index contributed by atoms with van der Waals surface area (Å²) in [6.07, 6.45) is 6.16. The molecule has 2 aromatic heterocycles. The fourth-order valence-electron chi connectivity index (χ4n) is 2.87. The summed E-state index contributed by atoms with van der Waals surface area (Å²) >= 11 is 1.37. The molecule has 0 spiro atoms. The van der Waals surface area contributed by atoms with Crippen LogP contribution in [0.15, 0.2) is 30.9 Å². The lowest BCUT2D eigenvalue weighted by molar-refractivity contribution is 0.402. The van der Waals surface area contributed by atoms with Crippen LogP contribution in [0.1, 0.15) is 12.0 Å². The Morgan fingerprint density at radius 3 is 2.92 bits per heavy atom. The Morgan fingerprint density at radius 2 is 2.12 bits per heavy atom. The van der Waals surface area contributed by atoms with Crippen molar-refractivity contribution in [1.29, 1.82) is 0 Å². The van der Waals surface area contributed by atoms with Crippen LogP contribution in [0.4, 0.5) is 10.8 Å². The number of benzene rings is 1. The lowest BCUT2D eigenvalue weighted by Crippen LogP contribution is -2.34. The van der Waals surface area contributed by atoms with Crippen molar-refractivity contribution in [1.82, 2.24) is 18.9 Å². The minimum atomic E-state index is -0.0681. The van der Waals surface area contributed by atoms with Crippen molar-refractivity contribution in [3.05, 3.63) is 36.4 Å². The Hall–Kier alpha value is -2.81. The number of hydrogen-bond acceptors (Lipinski definition) is 8. The number of anilines is 2. The molecule has 4 rings (SSSR count). The summed E-state index contributed by atoms with van der Waals surface area (Å²) in [7, 11) is 2.01. The van der Waals surface area contributed by atoms with Crippen LogP contribution in [0.25, 0.3) is 5.95 Å². The standard InChI is InChI=1S/C16H18N6O2S/c1-20(16-18-15(19-25-16)22-6-3-17-10-22)4-2-5-21-9-11-7-13(23)14(24)8-12(11)21/h3,6-8,10,23-24H,2,4-5,9H2,1H3. The van der Waals surface area contributed by atoms with Crippen molar-refractivity contribution >= 4 is 22.4 Å². The second-order valence-corrected chi connectivity index (χ2v) is 6.74. The number of phenolic OH excluding ortho intramolecular Hbond substituents is 2. The molecule has 0 amide bonds. The maximum Gasteiger partial charge on any atom is 0.248 e. The summed E-state index contributed by atoms with van der Waals surface area (Å²) < 4.78 is 6.13. The van der Waals surface area contributed by atoms with Gasteiger partial charge in [-0.1, -0.05) is 0 Å². The Labute approximate surface area is 148 Å². The van der Waals surface area contributed by atoms with Crippen LogP contribution in [0.2, 0.25) is 0 Å². The third-order valence-corrected chi connectivity index (χ3v) is 5.09. The van der Waals surface area contributed by atoms with Gasteiger partial charge in [0.2, 0.25) is 11.1 Å². The Balaban J connectivity index is 1.31. The van der Waals surface area contributed by atoms with Gasteiger partial charge in [0.25, 0.3) is 0 Å². The molecule has 2 N–H and O–H groups in total. The molecule has 0 radical (unpaired) electrons. The smallest absolute Gasteiger partial charge is 0.248 e. The van der Waals surface area contributed by atoms with Gasteiger partial charge in [0.15, 0.2) is 11.5 Å². The zero-order valence-electron chi connectivity index (χ0n) is 13.7. The first-order chi connectivity index (χ1) is 12.1. The molecule has 0 bridgehead atoms. The number of aromatic hydroxyl groups is 2. The van der Waals surface area contributed by atoms with E-state index in [4.69, 9.17) is 0 Å². The number of phenols is 2. The van der Waals surface area contributed by atoms with Crippen LogP contribution in [0.5, 0.6) is 11.5 Å². The summed E-state index contributed by atoms with van der Waals surface area (Å²) in [6, 6.07) is 3.26. The summed E-state index contributed by atoms with van der Waals surface area (Å²) in [5.74, 6) is 0.515. The lowest BCUT2D eigenvalue weighted by Gasteiger charge is -2.36. The van der Waals surface area contributed by atoms with E-state index in [1.54, 1.807) is 29.2 Å². The van der Waals surface area contributed by atoms with E-state index in [0.29, 0.717) is 5.95 Å². The fourth-order valence-corrected chi connectivity index (χ4v) is 3.52. The fraction of sp³-hybridized carbons (Fsp3) is 0.312. The van der Waals surface area contributed by atoms with Gasteiger partial charge in [-0.05, 0) is 18.1 Å². The first-order valence-electron chi connectivity index (χ1n) is 7.95. The minimum absolute atomic E-state index is 0.0527. The predicted molar refractivity (Wildman–Crippen MR) is 95.7 cm³/mol. The third kappa shape index (κ3) is 2.98. The Morgan fingerprint density at radius 1 is 1.28 bits per heavy atom. The molecule has 0 unspecified atom stereocenters. The van der Waals surface area contributed by atoms with Crippen molar-refractivity contribution < 1.29 is 10.2 Å². The lowest BCUT2D eigenvalue weighted by atomic mass is 10.0. The quantitative estimate of drug-likeness (QED) is 0.651. The van der Waals surface area contributed by atoms with Crippen molar-refractivity contribution in [2.24, 2.45) is 0 Å². The molecule has 3 aromatic rings. The highest BCUT2D eigenvalue weighted by atomic mass is 32.1. The molecule has 0 saturated heterocycles. The van der Waals surface area contributed by atoms with Crippen molar-refractivity contribution in [2.45, 2.75) is 13.0 Å². The van der Waals surface area contributed by atoms with E-state index in [0.717, 1.165) is 42.4 Å². The Bertz CT molecular complexity index is 879. The number of rotatable bonds is 6. The molecule has 130 valence electrons. The van der Waals surface area contributed by atoms with Crippen molar-refractivity contribution in [2.75, 3.05) is 29.9 Å². The molecular weight excluding hydrogens is 340 g/mol. The SMILES string of the molecule is CN(CCCN1Cc2cc(O)c(O)cc21)c1nc(-n2ccnc2)ns1. The van der Waals surface area contributed by atoms with Gasteiger partial charge in [0.1, 0.15) is 6.33 Å². The summed E-state index contributed by atoms with van der Waals surface area (Å²) in [5, 5.41) is 20.0. The highest BCUT2D eigenvalue weighted by Crippen LogP contribution is 2.40. The van der Waals surface area contributed by atoms with Gasteiger partial charge < -0.3 is 20.0 Å². The van der Waals surface area contributed by atoms with Crippen LogP contribution >= 0.6 is 11.5 Å². The van der Waals surface area contributed by atoms with Gasteiger partial charge in [0, 0.05) is 62.4 Å². The summed E-state index contributed by atoms with van der Waals surface area (Å²) in [5.41, 5.74) is 2.06. The van der Waals surface area contributed by atoms with Crippen LogP contribution in [-0.2, 0) is 6.54 Å². The zero-order chi connectivity index (χ0) is 17.4. The number of imidazole rings is 1. The molecule has 0 fully saturated rings. The van der Waals surface area contributed by atoms with E-state index in [2.05, 4.69) is 24.1 Å². The van der Waals surface area contributed by atoms with E-state index < -0.39 is 0 Å². The second-order valence-electron chi connectivity index (χ2n) is 6.01. The number of fused-ring (bicyclic) bond motifs is 1. The maximum atomic E-state index is 9.61. The molecule has 0 aliphatic carbocycles. The van der Waals surface area contributed by atoms with Crippen LogP contribution < -0.4 is 9.80 Å². The monoisotopic (exact) mass is 358 g/mol. The molecular formula is C16H18N6O2S. The van der Waals surface area contributed by atoms with Gasteiger partial charge in [-0.25, -0.2) is 4.98 Å². The molecule has 25 heavy (non-hydrogen) atoms. The minimum Gasteiger partial charge on any atom is -0.504 e. The van der Waals surface area contributed by atoms with Crippen molar-refractivity contribution in [3.63, 3.8) is 0 Å². The van der Waals surface area contributed by atoms with Gasteiger partial charge >= 0.3 is 0 Å². The average Bonchev–Trinajstić information content (AvgIpc) is 3.26. The molecule has 3 heterocycles. The van der Waals surface area contributed by atoms with E-state index in [9.17, 15) is 10.2 Å². The third-order valence-electron chi connectivity index (χ3n) is 4.27. The molecule has 1 aromatic carbocycles. The first kappa shape index (κ1) is 15.7. The van der Waals surface area contributed by atoms with Gasteiger partial charge in [-0.2, -0.15) is 9.36 Å². The largest absolute Gasteiger partial charge is 0.504 e. The topological polar surface area (TPSA) is 90.5 Å². The first-order valence-corrected chi connectivity index (χ1v) is 8.72. The molecule has 8 nitrogen and oxygen atoms in total. The zero-order valence-corrected chi connectivity index (χ0v) is 14.5. The second kappa shape index (κ2) is 6.25. The van der Waals surface area contributed by atoms with Gasteiger partial charge in [0.05, 0.1) is 0 Å². The molecule has 0 saturated carbocycles. The predicted octanol–water partition coefficient (Wildman–Crippen LogP) is 1.98. The van der Waals surface area contributed by atoms with Crippen LogP contribution in [0.3, 0.4) is 0 Å². The van der Waals surface area contributed by atoms with E-state index in [1.165, 1.54) is 11.5 Å². The van der Waals surface area contributed by atoms with Crippen molar-refractivity contribution in [3.8, 4) is 17.4 Å². The molecule has 1 aliphatic rings. The number of aromatic nitrogens is 4. The highest BCUT2D eigenvalue weighted by molar-refractivity contribution is 7.09. The van der Waals surface area contributed by atoms with E-state index in [-0.39, 0.29) is 11.5 Å². The molecule has 1 aliphatic heterocycles. The maximum absolute atomic E-state index is 9.61. The van der Waals surface area contributed by atoms with Gasteiger partial charge in [-0.15, -0.1) is 0 Å². The van der Waals surface area contributed by atoms with Gasteiger partial charge in [-0.3, -0.25) is 4.57 Å². The van der Waals surface area contributed by atoms with Crippen LogP contribution in [-0.4, -0.2) is 49.3 Å². The normalized spacial score (nSPS) is 12.8. The molecule has 9 heteroatoms. The highest BCUT2D eigenvalue weighted by Gasteiger charge is 2.24. The average molecular weight is 358 g/mol. The number of hydrogen-bond donors (Lipinski definition) is 2. The van der Waals surface area contributed by atoms with E-state index >= 15 is 0 Å². The van der Waals surface area contributed by atoms with Crippen LogP contribution in [0, 0.1) is 0 Å². The summed E-state index contributed by atoms with van der Waals surface area (Å²) in [6.45, 7) is 2.54.